The fraction of sp³-hybridized carbons (Fsp3) is 0.400. The van der Waals surface area contributed by atoms with Crippen LogP contribution in [0, 0.1) is 0 Å². The van der Waals surface area contributed by atoms with Gasteiger partial charge in [-0.15, -0.1) is 0 Å². The third kappa shape index (κ3) is 5.83. The summed E-state index contributed by atoms with van der Waals surface area (Å²) in [4.78, 5) is 11.3. The molecule has 0 saturated carbocycles. The van der Waals surface area contributed by atoms with E-state index in [0.717, 1.165) is 25.3 Å². The average molecular weight is 436 g/mol. The van der Waals surface area contributed by atoms with Crippen LogP contribution >= 0.6 is 11.6 Å². The number of pyridine rings is 1. The van der Waals surface area contributed by atoms with Gasteiger partial charge in [0.15, 0.2) is 15.8 Å². The Morgan fingerprint density at radius 1 is 1.28 bits per heavy atom. The molecule has 1 unspecified atom stereocenters. The van der Waals surface area contributed by atoms with Gasteiger partial charge in [0.05, 0.1) is 22.2 Å². The van der Waals surface area contributed by atoms with Crippen LogP contribution in [0.3, 0.4) is 0 Å². The third-order valence-corrected chi connectivity index (χ3v) is 6.65. The molecule has 2 heterocycles. The molecule has 1 aromatic heterocycles. The van der Waals surface area contributed by atoms with Gasteiger partial charge in [0.1, 0.15) is 5.82 Å². The van der Waals surface area contributed by atoms with Crippen molar-refractivity contribution in [1.29, 1.82) is 0 Å². The van der Waals surface area contributed by atoms with Crippen molar-refractivity contribution in [3.63, 3.8) is 0 Å². The maximum atomic E-state index is 12.4. The maximum Gasteiger partial charge on any atom is 0.191 e. The first-order chi connectivity index (χ1) is 14.0. The zero-order chi connectivity index (χ0) is 20.7. The molecule has 2 N–H and O–H groups in total. The van der Waals surface area contributed by atoms with Gasteiger partial charge in [-0.05, 0) is 37.6 Å². The summed E-state index contributed by atoms with van der Waals surface area (Å²) >= 11 is 6.25. The number of halogens is 1. The highest BCUT2D eigenvalue weighted by atomic mass is 35.5. The molecule has 1 aliphatic heterocycles. The number of benzene rings is 1. The number of sulfone groups is 1. The number of guanidine groups is 1. The van der Waals surface area contributed by atoms with Crippen molar-refractivity contribution in [3.8, 4) is 0 Å². The van der Waals surface area contributed by atoms with Crippen LogP contribution in [0.15, 0.2) is 58.5 Å². The van der Waals surface area contributed by atoms with Crippen molar-refractivity contribution in [2.75, 3.05) is 36.8 Å². The Kier molecular flexibility index (Phi) is 7.33. The van der Waals surface area contributed by atoms with Gasteiger partial charge in [-0.3, -0.25) is 4.99 Å². The Bertz CT molecular complexity index is 937. The monoisotopic (exact) mass is 435 g/mol. The normalized spacial score (nSPS) is 17.4. The van der Waals surface area contributed by atoms with Crippen LogP contribution in [0.5, 0.6) is 0 Å². The van der Waals surface area contributed by atoms with E-state index in [1.165, 1.54) is 0 Å². The minimum atomic E-state index is -3.34. The second-order valence-electron chi connectivity index (χ2n) is 6.78. The van der Waals surface area contributed by atoms with Crippen molar-refractivity contribution in [3.05, 3.63) is 53.7 Å². The van der Waals surface area contributed by atoms with E-state index in [1.807, 2.05) is 19.1 Å². The summed E-state index contributed by atoms with van der Waals surface area (Å²) < 4.78 is 24.8. The minimum Gasteiger partial charge on any atom is -0.357 e. The number of nitrogens with zero attached hydrogens (tertiary/aromatic N) is 3. The highest BCUT2D eigenvalue weighted by molar-refractivity contribution is 7.91. The molecule has 0 spiro atoms. The Morgan fingerprint density at radius 2 is 2.07 bits per heavy atom. The second kappa shape index (κ2) is 9.93. The Hall–Kier alpha value is -2.32. The number of rotatable bonds is 7. The Labute approximate surface area is 177 Å². The molecule has 1 aromatic carbocycles. The van der Waals surface area contributed by atoms with Gasteiger partial charge in [-0.1, -0.05) is 29.8 Å². The molecule has 0 aliphatic carbocycles. The second-order valence-corrected chi connectivity index (χ2v) is 9.29. The van der Waals surface area contributed by atoms with Crippen LogP contribution in [-0.2, 0) is 9.84 Å². The van der Waals surface area contributed by atoms with Crippen molar-refractivity contribution >= 4 is 33.2 Å². The summed E-state index contributed by atoms with van der Waals surface area (Å²) in [6, 6.07) is 12.3. The zero-order valence-electron chi connectivity index (χ0n) is 16.4. The Balaban J connectivity index is 1.58. The molecule has 1 atom stereocenters. The van der Waals surface area contributed by atoms with E-state index in [9.17, 15) is 8.42 Å². The van der Waals surface area contributed by atoms with E-state index in [0.29, 0.717) is 22.4 Å². The SMILES string of the molecule is CCNC(=NCCS(=O)(=O)c1ccccc1)NC1CCN(c2ncccc2Cl)C1. The summed E-state index contributed by atoms with van der Waals surface area (Å²) in [6.07, 6.45) is 2.65. The molecule has 9 heteroatoms. The highest BCUT2D eigenvalue weighted by Gasteiger charge is 2.25. The first-order valence-corrected chi connectivity index (χ1v) is 11.7. The molecule has 0 radical (unpaired) electrons. The summed E-state index contributed by atoms with van der Waals surface area (Å²) in [5.41, 5.74) is 0. The van der Waals surface area contributed by atoms with Gasteiger partial charge in [0.25, 0.3) is 0 Å². The van der Waals surface area contributed by atoms with Crippen LogP contribution in [0.25, 0.3) is 0 Å². The number of anilines is 1. The van der Waals surface area contributed by atoms with Gasteiger partial charge < -0.3 is 15.5 Å². The van der Waals surface area contributed by atoms with Crippen LogP contribution in [-0.4, -0.2) is 57.3 Å². The topological polar surface area (TPSA) is 86.7 Å². The number of nitrogens with one attached hydrogen (secondary N) is 2. The molecule has 1 aliphatic rings. The lowest BCUT2D eigenvalue weighted by atomic mass is 10.3. The van der Waals surface area contributed by atoms with Crippen molar-refractivity contribution in [1.82, 2.24) is 15.6 Å². The lowest BCUT2D eigenvalue weighted by Crippen LogP contribution is -2.44. The number of hydrogen-bond acceptors (Lipinski definition) is 5. The summed E-state index contributed by atoms with van der Waals surface area (Å²) in [7, 11) is -3.34. The van der Waals surface area contributed by atoms with Gasteiger partial charge in [0.2, 0.25) is 0 Å². The maximum absolute atomic E-state index is 12.4. The van der Waals surface area contributed by atoms with Crippen molar-refractivity contribution in [2.45, 2.75) is 24.3 Å². The molecular weight excluding hydrogens is 410 g/mol. The van der Waals surface area contributed by atoms with E-state index in [4.69, 9.17) is 11.6 Å². The van der Waals surface area contributed by atoms with Crippen molar-refractivity contribution < 1.29 is 8.42 Å². The standard InChI is InChI=1S/C20H26ClN5O2S/c1-2-22-20(24-12-14-29(27,28)17-7-4-3-5-8-17)25-16-10-13-26(15-16)19-18(21)9-6-11-23-19/h3-9,11,16H,2,10,12-15H2,1H3,(H2,22,24,25). The number of aliphatic imine (C=N–C) groups is 1. The van der Waals surface area contributed by atoms with E-state index in [2.05, 4.69) is 25.5 Å². The predicted molar refractivity (Wildman–Crippen MR) is 117 cm³/mol. The summed E-state index contributed by atoms with van der Waals surface area (Å²) in [5.74, 6) is 1.37. The molecule has 7 nitrogen and oxygen atoms in total. The molecule has 1 saturated heterocycles. The van der Waals surface area contributed by atoms with Crippen LogP contribution in [0.2, 0.25) is 5.02 Å². The van der Waals surface area contributed by atoms with Gasteiger partial charge in [-0.2, -0.15) is 0 Å². The summed E-state index contributed by atoms with van der Waals surface area (Å²) in [6.45, 7) is 4.46. The highest BCUT2D eigenvalue weighted by Crippen LogP contribution is 2.25. The predicted octanol–water partition coefficient (Wildman–Crippen LogP) is 2.34. The molecular formula is C20H26ClN5O2S. The summed E-state index contributed by atoms with van der Waals surface area (Å²) in [5, 5.41) is 7.22. The first kappa shape index (κ1) is 21.4. The van der Waals surface area contributed by atoms with E-state index >= 15 is 0 Å². The molecule has 3 rings (SSSR count). The molecule has 0 amide bonds. The van der Waals surface area contributed by atoms with E-state index in [-0.39, 0.29) is 18.3 Å². The smallest absolute Gasteiger partial charge is 0.191 e. The van der Waals surface area contributed by atoms with Crippen LogP contribution in [0.4, 0.5) is 5.82 Å². The lowest BCUT2D eigenvalue weighted by molar-refractivity contribution is 0.595. The van der Waals surface area contributed by atoms with Gasteiger partial charge in [-0.25, -0.2) is 13.4 Å². The van der Waals surface area contributed by atoms with Crippen LogP contribution in [0.1, 0.15) is 13.3 Å². The quantitative estimate of drug-likeness (QED) is 0.512. The number of hydrogen-bond donors (Lipinski definition) is 2. The fourth-order valence-corrected chi connectivity index (χ4v) is 4.60. The van der Waals surface area contributed by atoms with Crippen molar-refractivity contribution in [2.24, 2.45) is 4.99 Å². The fourth-order valence-electron chi connectivity index (χ4n) is 3.22. The molecule has 2 aromatic rings. The largest absolute Gasteiger partial charge is 0.357 e. The van der Waals surface area contributed by atoms with Crippen LogP contribution < -0.4 is 15.5 Å². The molecule has 156 valence electrons. The van der Waals surface area contributed by atoms with E-state index < -0.39 is 9.84 Å². The van der Waals surface area contributed by atoms with E-state index in [1.54, 1.807) is 36.5 Å². The third-order valence-electron chi connectivity index (χ3n) is 4.64. The Morgan fingerprint density at radius 3 is 2.79 bits per heavy atom. The molecule has 1 fully saturated rings. The van der Waals surface area contributed by atoms with Gasteiger partial charge in [0, 0.05) is 31.9 Å². The number of aromatic nitrogens is 1. The van der Waals surface area contributed by atoms with Gasteiger partial charge >= 0.3 is 0 Å². The zero-order valence-corrected chi connectivity index (χ0v) is 18.0. The average Bonchev–Trinajstić information content (AvgIpc) is 3.17. The lowest BCUT2D eigenvalue weighted by Gasteiger charge is -2.20. The minimum absolute atomic E-state index is 0.0338. The molecule has 29 heavy (non-hydrogen) atoms. The first-order valence-electron chi connectivity index (χ1n) is 9.67. The molecule has 0 bridgehead atoms.